The summed E-state index contributed by atoms with van der Waals surface area (Å²) in [4.78, 5) is 4.86. The maximum atomic E-state index is 12.0. The van der Waals surface area contributed by atoms with Crippen LogP contribution in [0.25, 0.3) is 0 Å². The Bertz CT molecular complexity index is 1040. The number of aryl methyl sites for hydroxylation is 1. The Labute approximate surface area is 208 Å². The number of ether oxygens (including phenoxy) is 1. The van der Waals surface area contributed by atoms with Crippen LogP contribution in [-0.2, 0) is 12.0 Å². The fourth-order valence-electron chi connectivity index (χ4n) is 4.54. The van der Waals surface area contributed by atoms with Crippen LogP contribution >= 0.6 is 11.6 Å². The van der Waals surface area contributed by atoms with Crippen molar-refractivity contribution in [3.8, 4) is 5.75 Å². The van der Waals surface area contributed by atoms with E-state index in [1.165, 1.54) is 13.0 Å². The maximum absolute atomic E-state index is 12.0. The van der Waals surface area contributed by atoms with Crippen molar-refractivity contribution in [2.45, 2.75) is 25.4 Å². The molecule has 0 saturated carbocycles. The number of hydrogen-bond donors (Lipinski definition) is 1. The lowest BCUT2D eigenvalue weighted by atomic mass is 9.81. The third kappa shape index (κ3) is 6.39. The molecule has 0 spiro atoms. The first-order valence-electron chi connectivity index (χ1n) is 12.1. The van der Waals surface area contributed by atoms with Crippen molar-refractivity contribution in [2.75, 3.05) is 46.4 Å². The van der Waals surface area contributed by atoms with Gasteiger partial charge in [0.05, 0.1) is 0 Å². The Morgan fingerprint density at radius 2 is 1.50 bits per heavy atom. The van der Waals surface area contributed by atoms with Gasteiger partial charge in [0.25, 0.3) is 0 Å². The minimum absolute atomic E-state index is 0.455. The second-order valence-electron chi connectivity index (χ2n) is 9.40. The fraction of sp³-hybridized carbons (Fsp3) is 0.379. The van der Waals surface area contributed by atoms with Crippen LogP contribution in [0.15, 0.2) is 72.8 Å². The van der Waals surface area contributed by atoms with Gasteiger partial charge < -0.3 is 14.7 Å². The number of benzene rings is 3. The van der Waals surface area contributed by atoms with Gasteiger partial charge in [-0.15, -0.1) is 0 Å². The van der Waals surface area contributed by atoms with Crippen LogP contribution in [0.3, 0.4) is 0 Å². The van der Waals surface area contributed by atoms with Crippen molar-refractivity contribution in [1.29, 1.82) is 0 Å². The Morgan fingerprint density at radius 3 is 2.18 bits per heavy atom. The predicted octanol–water partition coefficient (Wildman–Crippen LogP) is 5.14. The smallest absolute Gasteiger partial charge is 0.119 e. The molecule has 0 aromatic heterocycles. The summed E-state index contributed by atoms with van der Waals surface area (Å²) in [5.41, 5.74) is 2.74. The van der Waals surface area contributed by atoms with E-state index in [2.05, 4.69) is 23.8 Å². The molecule has 3 aromatic carbocycles. The molecule has 1 heterocycles. The summed E-state index contributed by atoms with van der Waals surface area (Å²) in [5, 5.41) is 12.7. The standard InChI is InChI=1S/C29H35ClN2O2/c1-23-4-8-25(9-5-23)29(33,22-24-6-12-27(30)13-7-24)26-10-14-28(15-11-26)34-21-20-32-17-3-16-31(2)18-19-32/h4-15,33H,3,16-22H2,1-2H3. The molecule has 4 nitrogen and oxygen atoms in total. The average molecular weight is 479 g/mol. The van der Waals surface area contributed by atoms with Crippen LogP contribution in [0.1, 0.15) is 28.7 Å². The molecule has 1 aliphatic rings. The lowest BCUT2D eigenvalue weighted by Crippen LogP contribution is -2.32. The van der Waals surface area contributed by atoms with Gasteiger partial charge in [0, 0.05) is 31.1 Å². The fourth-order valence-corrected chi connectivity index (χ4v) is 4.67. The highest BCUT2D eigenvalue weighted by Crippen LogP contribution is 2.34. The van der Waals surface area contributed by atoms with Crippen molar-refractivity contribution in [2.24, 2.45) is 0 Å². The van der Waals surface area contributed by atoms with E-state index in [1.54, 1.807) is 0 Å². The van der Waals surface area contributed by atoms with Crippen LogP contribution in [0.4, 0.5) is 0 Å². The number of halogens is 1. The van der Waals surface area contributed by atoms with Gasteiger partial charge in [0.1, 0.15) is 18.0 Å². The average Bonchev–Trinajstić information content (AvgIpc) is 3.05. The Kier molecular flexibility index (Phi) is 8.28. The Balaban J connectivity index is 1.47. The number of rotatable bonds is 8. The summed E-state index contributed by atoms with van der Waals surface area (Å²) in [6, 6.07) is 23.7. The molecule has 1 fully saturated rings. The number of hydrogen-bond acceptors (Lipinski definition) is 4. The monoisotopic (exact) mass is 478 g/mol. The molecular formula is C29H35ClN2O2. The Morgan fingerprint density at radius 1 is 0.853 bits per heavy atom. The predicted molar refractivity (Wildman–Crippen MR) is 140 cm³/mol. The van der Waals surface area contributed by atoms with Crippen LogP contribution in [0, 0.1) is 6.92 Å². The normalized spacial score (nSPS) is 17.2. The summed E-state index contributed by atoms with van der Waals surface area (Å²) < 4.78 is 6.05. The van der Waals surface area contributed by atoms with Gasteiger partial charge in [-0.1, -0.05) is 65.7 Å². The van der Waals surface area contributed by atoms with Crippen molar-refractivity contribution in [3.05, 3.63) is 100 Å². The Hall–Kier alpha value is -2.37. The van der Waals surface area contributed by atoms with Crippen molar-refractivity contribution in [1.82, 2.24) is 9.80 Å². The van der Waals surface area contributed by atoms with Crippen LogP contribution in [0.2, 0.25) is 5.02 Å². The molecule has 1 aliphatic heterocycles. The first-order valence-corrected chi connectivity index (χ1v) is 12.5. The largest absolute Gasteiger partial charge is 0.492 e. The first kappa shape index (κ1) is 24.7. The molecule has 3 aromatic rings. The molecule has 1 N–H and O–H groups in total. The second-order valence-corrected chi connectivity index (χ2v) is 9.84. The van der Waals surface area contributed by atoms with Crippen LogP contribution in [0.5, 0.6) is 5.75 Å². The number of likely N-dealkylation sites (N-methyl/N-ethyl adjacent to an activating group) is 1. The van der Waals surface area contributed by atoms with Gasteiger partial charge in [-0.05, 0) is 74.4 Å². The number of aliphatic hydroxyl groups is 1. The van der Waals surface area contributed by atoms with Crippen molar-refractivity contribution in [3.63, 3.8) is 0 Å². The summed E-state index contributed by atoms with van der Waals surface area (Å²) in [5.74, 6) is 0.827. The topological polar surface area (TPSA) is 35.9 Å². The highest BCUT2D eigenvalue weighted by atomic mass is 35.5. The maximum Gasteiger partial charge on any atom is 0.119 e. The molecule has 5 heteroatoms. The highest BCUT2D eigenvalue weighted by molar-refractivity contribution is 6.30. The van der Waals surface area contributed by atoms with Crippen molar-refractivity contribution >= 4 is 11.6 Å². The molecule has 180 valence electrons. The molecule has 0 aliphatic carbocycles. The molecule has 34 heavy (non-hydrogen) atoms. The van der Waals surface area contributed by atoms with Gasteiger partial charge in [-0.2, -0.15) is 0 Å². The second kappa shape index (κ2) is 11.4. The van der Waals surface area contributed by atoms with Gasteiger partial charge in [-0.25, -0.2) is 0 Å². The summed E-state index contributed by atoms with van der Waals surface area (Å²) in [7, 11) is 2.19. The minimum Gasteiger partial charge on any atom is -0.492 e. The van der Waals surface area contributed by atoms with E-state index in [1.807, 2.05) is 72.8 Å². The highest BCUT2D eigenvalue weighted by Gasteiger charge is 2.32. The molecule has 0 radical (unpaired) electrons. The molecule has 0 bridgehead atoms. The van der Waals surface area contributed by atoms with Crippen molar-refractivity contribution < 1.29 is 9.84 Å². The molecule has 1 atom stereocenters. The number of nitrogens with zero attached hydrogens (tertiary/aromatic N) is 2. The van der Waals surface area contributed by atoms with E-state index in [0.29, 0.717) is 18.1 Å². The van der Waals surface area contributed by atoms with E-state index >= 15 is 0 Å². The molecule has 4 rings (SSSR count). The van der Waals surface area contributed by atoms with Crippen LogP contribution in [-0.4, -0.2) is 61.3 Å². The van der Waals surface area contributed by atoms with E-state index in [-0.39, 0.29) is 0 Å². The zero-order chi connectivity index (χ0) is 24.0. The first-order chi connectivity index (χ1) is 16.4. The summed E-state index contributed by atoms with van der Waals surface area (Å²) >= 11 is 6.08. The van der Waals surface area contributed by atoms with E-state index in [4.69, 9.17) is 16.3 Å². The van der Waals surface area contributed by atoms with Gasteiger partial charge in [0.2, 0.25) is 0 Å². The van der Waals surface area contributed by atoms with Gasteiger partial charge >= 0.3 is 0 Å². The van der Waals surface area contributed by atoms with Gasteiger partial charge in [0.15, 0.2) is 0 Å². The minimum atomic E-state index is -1.15. The third-order valence-corrected chi connectivity index (χ3v) is 6.97. The van der Waals surface area contributed by atoms with E-state index in [9.17, 15) is 5.11 Å². The van der Waals surface area contributed by atoms with E-state index in [0.717, 1.165) is 54.2 Å². The quantitative estimate of drug-likeness (QED) is 0.486. The van der Waals surface area contributed by atoms with Gasteiger partial charge in [-0.3, -0.25) is 4.90 Å². The summed E-state index contributed by atoms with van der Waals surface area (Å²) in [6.07, 6.45) is 1.66. The molecule has 0 amide bonds. The lowest BCUT2D eigenvalue weighted by molar-refractivity contribution is 0.0810. The SMILES string of the molecule is Cc1ccc(C(O)(Cc2ccc(Cl)cc2)c2ccc(OCCN3CCCN(C)CC3)cc2)cc1. The van der Waals surface area contributed by atoms with Crippen LogP contribution < -0.4 is 4.74 Å². The van der Waals surface area contributed by atoms with E-state index < -0.39 is 5.60 Å². The molecular weight excluding hydrogens is 444 g/mol. The zero-order valence-corrected chi connectivity index (χ0v) is 21.0. The lowest BCUT2D eigenvalue weighted by Gasteiger charge is -2.30. The third-order valence-electron chi connectivity index (χ3n) is 6.72. The zero-order valence-electron chi connectivity index (χ0n) is 20.2. The molecule has 1 saturated heterocycles. The molecule has 1 unspecified atom stereocenters. The summed E-state index contributed by atoms with van der Waals surface area (Å²) in [6.45, 7) is 8.14.